The minimum absolute atomic E-state index is 0.129. The maximum Gasteiger partial charge on any atom is 0.254 e. The molecule has 202 valence electrons. The molecule has 0 saturated carbocycles. The van der Waals surface area contributed by atoms with Crippen molar-refractivity contribution in [1.82, 2.24) is 14.5 Å². The van der Waals surface area contributed by atoms with Crippen LogP contribution in [0.1, 0.15) is 49.5 Å². The zero-order chi connectivity index (χ0) is 28.1. The van der Waals surface area contributed by atoms with Gasteiger partial charge in [-0.15, -0.1) is 0 Å². The number of benzene rings is 3. The van der Waals surface area contributed by atoms with Gasteiger partial charge in [0, 0.05) is 34.1 Å². The number of ether oxygens (including phenoxy) is 1. The predicted molar refractivity (Wildman–Crippen MR) is 156 cm³/mol. The third-order valence-corrected chi connectivity index (χ3v) is 6.72. The fourth-order valence-corrected chi connectivity index (χ4v) is 4.28. The molecule has 0 aliphatic heterocycles. The predicted octanol–water partition coefficient (Wildman–Crippen LogP) is 6.81. The molecular weight excluding hydrogens is 512 g/mol. The number of hydrogen-bond donors (Lipinski definition) is 1. The molecule has 0 spiro atoms. The lowest BCUT2D eigenvalue weighted by Gasteiger charge is -2.26. The summed E-state index contributed by atoms with van der Waals surface area (Å²) in [6, 6.07) is 22.2. The minimum atomic E-state index is -0.349. The van der Waals surface area contributed by atoms with E-state index in [4.69, 9.17) is 21.3 Å². The molecule has 0 bridgehead atoms. The largest absolute Gasteiger partial charge is 0.497 e. The second kappa shape index (κ2) is 12.2. The van der Waals surface area contributed by atoms with Crippen molar-refractivity contribution in [2.45, 2.75) is 39.7 Å². The number of methoxy groups -OCH3 is 1. The van der Waals surface area contributed by atoms with E-state index in [-0.39, 0.29) is 24.4 Å². The highest BCUT2D eigenvalue weighted by Gasteiger charge is 2.23. The van der Waals surface area contributed by atoms with E-state index >= 15 is 0 Å². The highest BCUT2D eigenvalue weighted by atomic mass is 35.5. The first-order valence-corrected chi connectivity index (χ1v) is 13.2. The summed E-state index contributed by atoms with van der Waals surface area (Å²) in [4.78, 5) is 32.7. The molecule has 7 nitrogen and oxygen atoms in total. The van der Waals surface area contributed by atoms with Crippen molar-refractivity contribution in [2.24, 2.45) is 0 Å². The van der Waals surface area contributed by atoms with Gasteiger partial charge < -0.3 is 9.64 Å². The van der Waals surface area contributed by atoms with E-state index in [9.17, 15) is 9.59 Å². The van der Waals surface area contributed by atoms with Gasteiger partial charge in [-0.2, -0.15) is 0 Å². The first-order chi connectivity index (χ1) is 18.7. The van der Waals surface area contributed by atoms with Crippen molar-refractivity contribution >= 4 is 29.4 Å². The molecule has 39 heavy (non-hydrogen) atoms. The highest BCUT2D eigenvalue weighted by Crippen LogP contribution is 2.27. The zero-order valence-corrected chi connectivity index (χ0v) is 23.6. The number of amides is 2. The Morgan fingerprint density at radius 2 is 1.59 bits per heavy atom. The van der Waals surface area contributed by atoms with Gasteiger partial charge in [0.25, 0.3) is 5.91 Å². The van der Waals surface area contributed by atoms with Gasteiger partial charge in [0.1, 0.15) is 12.3 Å². The van der Waals surface area contributed by atoms with Crippen LogP contribution in [0.3, 0.4) is 0 Å². The molecule has 4 aromatic rings. The second-order valence-corrected chi connectivity index (χ2v) is 10.3. The summed E-state index contributed by atoms with van der Waals surface area (Å²) in [5, 5.41) is 3.48. The van der Waals surface area contributed by atoms with Crippen molar-refractivity contribution in [3.8, 4) is 22.7 Å². The first kappa shape index (κ1) is 27.9. The number of anilines is 1. The van der Waals surface area contributed by atoms with E-state index in [0.717, 1.165) is 17.0 Å². The van der Waals surface area contributed by atoms with E-state index in [2.05, 4.69) is 31.3 Å². The van der Waals surface area contributed by atoms with Gasteiger partial charge in [0.05, 0.1) is 12.8 Å². The quantitative estimate of drug-likeness (QED) is 0.251. The number of nitrogens with one attached hydrogen (secondary N) is 1. The van der Waals surface area contributed by atoms with Crippen LogP contribution >= 0.6 is 11.6 Å². The van der Waals surface area contributed by atoms with Gasteiger partial charge in [0.15, 0.2) is 0 Å². The van der Waals surface area contributed by atoms with E-state index < -0.39 is 0 Å². The Bertz CT molecular complexity index is 1430. The molecule has 1 heterocycles. The Kier molecular flexibility index (Phi) is 8.72. The Balaban J connectivity index is 1.63. The summed E-state index contributed by atoms with van der Waals surface area (Å²) in [6.45, 7) is 7.91. The molecular formula is C31H33ClN4O3. The van der Waals surface area contributed by atoms with Crippen LogP contribution in [-0.2, 0) is 4.79 Å². The van der Waals surface area contributed by atoms with E-state index in [1.165, 1.54) is 10.5 Å². The topological polar surface area (TPSA) is 76.5 Å². The first-order valence-electron chi connectivity index (χ1n) is 12.9. The van der Waals surface area contributed by atoms with E-state index in [0.29, 0.717) is 28.1 Å². The third kappa shape index (κ3) is 6.67. The zero-order valence-electron chi connectivity index (χ0n) is 22.8. The van der Waals surface area contributed by atoms with Crippen LogP contribution in [0.2, 0.25) is 5.02 Å². The van der Waals surface area contributed by atoms with Crippen molar-refractivity contribution < 1.29 is 14.3 Å². The molecule has 0 unspecified atom stereocenters. The third-order valence-electron chi connectivity index (χ3n) is 6.47. The van der Waals surface area contributed by atoms with Gasteiger partial charge in [-0.05, 0) is 86.0 Å². The van der Waals surface area contributed by atoms with Crippen molar-refractivity contribution in [1.29, 1.82) is 0 Å². The van der Waals surface area contributed by atoms with E-state index in [1.54, 1.807) is 31.4 Å². The molecule has 2 amide bonds. The van der Waals surface area contributed by atoms with Crippen molar-refractivity contribution in [2.75, 3.05) is 19.0 Å². The average molecular weight is 545 g/mol. The summed E-state index contributed by atoms with van der Waals surface area (Å²) < 4.78 is 7.13. The molecule has 0 fully saturated rings. The number of carbonyl (C=O) groups is 2. The van der Waals surface area contributed by atoms with Crippen LogP contribution in [0.4, 0.5) is 5.95 Å². The van der Waals surface area contributed by atoms with Crippen LogP contribution < -0.4 is 10.1 Å². The number of hydrogen-bond acceptors (Lipinski definition) is 4. The number of halogens is 1. The highest BCUT2D eigenvalue weighted by molar-refractivity contribution is 6.30. The lowest BCUT2D eigenvalue weighted by atomic mass is 10.0. The van der Waals surface area contributed by atoms with Crippen molar-refractivity contribution in [3.63, 3.8) is 0 Å². The van der Waals surface area contributed by atoms with Crippen LogP contribution in [0, 0.1) is 0 Å². The Morgan fingerprint density at radius 3 is 2.15 bits per heavy atom. The van der Waals surface area contributed by atoms with Gasteiger partial charge >= 0.3 is 0 Å². The number of nitrogens with zero attached hydrogens (tertiary/aromatic N) is 3. The van der Waals surface area contributed by atoms with Crippen LogP contribution in [0.25, 0.3) is 16.9 Å². The van der Waals surface area contributed by atoms with Gasteiger partial charge in [-0.3, -0.25) is 19.5 Å². The fourth-order valence-electron chi connectivity index (χ4n) is 4.15. The maximum absolute atomic E-state index is 13.3. The number of carbonyl (C=O) groups excluding carboxylic acids is 2. The summed E-state index contributed by atoms with van der Waals surface area (Å²) >= 11 is 5.98. The number of imidazole rings is 1. The molecule has 0 atom stereocenters. The fraction of sp³-hybridized carbons (Fsp3) is 0.258. The standard InChI is InChI=1S/C31H33ClN4O3/c1-20(2)22-8-14-26(15-9-22)36-18-28(23-10-16-27(39-5)17-11-23)33-31(36)34-29(37)19-35(21(3)4)30(38)24-6-12-25(32)13-7-24/h6-18,20-21H,19H2,1-5H3,(H,33,34,37). The number of aromatic nitrogens is 2. The lowest BCUT2D eigenvalue weighted by molar-refractivity contribution is -0.117. The maximum atomic E-state index is 13.3. The second-order valence-electron chi connectivity index (χ2n) is 9.88. The molecule has 3 aromatic carbocycles. The van der Waals surface area contributed by atoms with Crippen LogP contribution in [-0.4, -0.2) is 46.0 Å². The van der Waals surface area contributed by atoms with Crippen molar-refractivity contribution in [3.05, 3.63) is 95.1 Å². The average Bonchev–Trinajstić information content (AvgIpc) is 3.35. The molecule has 8 heteroatoms. The molecule has 0 aliphatic carbocycles. The Hall–Kier alpha value is -4.10. The Morgan fingerprint density at radius 1 is 0.949 bits per heavy atom. The monoisotopic (exact) mass is 544 g/mol. The normalized spacial score (nSPS) is 11.1. The van der Waals surface area contributed by atoms with Gasteiger partial charge in [0.2, 0.25) is 11.9 Å². The smallest absolute Gasteiger partial charge is 0.254 e. The summed E-state index contributed by atoms with van der Waals surface area (Å²) in [7, 11) is 1.62. The van der Waals surface area contributed by atoms with Gasteiger partial charge in [-0.25, -0.2) is 4.98 Å². The van der Waals surface area contributed by atoms with E-state index in [1.807, 2.05) is 61.0 Å². The molecule has 1 aromatic heterocycles. The SMILES string of the molecule is COc1ccc(-c2cn(-c3ccc(C(C)C)cc3)c(NC(=O)CN(C(=O)c3ccc(Cl)cc3)C(C)C)n2)cc1. The summed E-state index contributed by atoms with van der Waals surface area (Å²) in [6.07, 6.45) is 1.89. The molecule has 1 N–H and O–H groups in total. The minimum Gasteiger partial charge on any atom is -0.497 e. The summed E-state index contributed by atoms with van der Waals surface area (Å²) in [5.41, 5.74) is 4.12. The molecule has 0 aliphatic rings. The molecule has 0 saturated heterocycles. The van der Waals surface area contributed by atoms with Gasteiger partial charge in [-0.1, -0.05) is 37.6 Å². The molecule has 4 rings (SSSR count). The summed E-state index contributed by atoms with van der Waals surface area (Å²) in [5.74, 6) is 0.915. The number of rotatable bonds is 9. The molecule has 0 radical (unpaired) electrons. The Labute approximate surface area is 234 Å². The van der Waals surface area contributed by atoms with Crippen LogP contribution in [0.15, 0.2) is 79.0 Å². The lowest BCUT2D eigenvalue weighted by Crippen LogP contribution is -2.42. The van der Waals surface area contributed by atoms with Crippen LogP contribution in [0.5, 0.6) is 5.75 Å².